The highest BCUT2D eigenvalue weighted by Gasteiger charge is 1.64. The van der Waals surface area contributed by atoms with Crippen molar-refractivity contribution in [1.82, 2.24) is 0 Å². The summed E-state index contributed by atoms with van der Waals surface area (Å²) in [5.41, 5.74) is 0. The molecule has 1 atom stereocenters. The van der Waals surface area contributed by atoms with E-state index in [4.69, 9.17) is 4.55 Å². The minimum absolute atomic E-state index is 0.508. The SMILES string of the molecule is OS(I)=S=S(=S)=S. The number of hydrogen-bond acceptors (Lipinski definition) is 2. The summed E-state index contributed by atoms with van der Waals surface area (Å²) in [6.07, 6.45) is 0. The fourth-order valence-corrected chi connectivity index (χ4v) is 13.4. The van der Waals surface area contributed by atoms with Gasteiger partial charge in [0.05, 0.1) is 6.91 Å². The van der Waals surface area contributed by atoms with Crippen molar-refractivity contribution in [2.24, 2.45) is 0 Å². The molecule has 44 valence electrons. The molecule has 7 heteroatoms. The fraction of sp³-hybridized carbons (Fsp3) is 0. The zero-order valence-corrected chi connectivity index (χ0v) is 9.11. The smallest absolute Gasteiger partial charge is 0.0690 e. The van der Waals surface area contributed by atoms with Crippen LogP contribution >= 0.6 is 21.2 Å². The molecule has 1 N–H and O–H groups in total. The van der Waals surface area contributed by atoms with Crippen LogP contribution in [-0.2, 0) is 44.7 Å². The third-order valence-electron chi connectivity index (χ3n) is 0.112. The van der Waals surface area contributed by atoms with E-state index in [1.54, 1.807) is 0 Å². The molecule has 0 amide bonds. The molecule has 0 aromatic carbocycles. The topological polar surface area (TPSA) is 20.2 Å². The molecule has 0 aliphatic carbocycles. The maximum absolute atomic E-state index is 8.57. The lowest BCUT2D eigenvalue weighted by molar-refractivity contribution is 0.671. The van der Waals surface area contributed by atoms with E-state index in [1.165, 1.54) is 8.88 Å². The summed E-state index contributed by atoms with van der Waals surface area (Å²) in [4.78, 5) is 0. The second-order valence-corrected chi connectivity index (χ2v) is 13.2. The van der Waals surface area contributed by atoms with Crippen LogP contribution in [0.4, 0.5) is 0 Å². The van der Waals surface area contributed by atoms with Crippen LogP contribution in [0.25, 0.3) is 0 Å². The zero-order valence-electron chi connectivity index (χ0n) is 2.87. The first-order chi connectivity index (χ1) is 3.13. The van der Waals surface area contributed by atoms with E-state index in [9.17, 15) is 0 Å². The third kappa shape index (κ3) is 7.92. The first-order valence-corrected chi connectivity index (χ1v) is 9.65. The molecule has 0 radical (unpaired) electrons. The van der Waals surface area contributed by atoms with Gasteiger partial charge in [0, 0.05) is 21.2 Å². The maximum Gasteiger partial charge on any atom is 0.0690 e. The Balaban J connectivity index is 4.88. The number of halogens is 1. The standard InChI is InChI=1S/HIOS5/c1-6(2)5-7(3)4/h2H. The average Bonchev–Trinajstić information content (AvgIpc) is 1.27. The van der Waals surface area contributed by atoms with Crippen molar-refractivity contribution < 1.29 is 4.55 Å². The van der Waals surface area contributed by atoms with Crippen LogP contribution in [0.3, 0.4) is 0 Å². The molecule has 0 heterocycles. The molecular weight excluding hydrogens is 303 g/mol. The summed E-state index contributed by atoms with van der Waals surface area (Å²) in [5, 5.41) is 0. The van der Waals surface area contributed by atoms with Gasteiger partial charge in [-0.25, -0.2) is 0 Å². The first-order valence-electron chi connectivity index (χ1n) is 1.00. The molecule has 0 rings (SSSR count). The van der Waals surface area contributed by atoms with Crippen molar-refractivity contribution in [3.05, 3.63) is 0 Å². The van der Waals surface area contributed by atoms with Gasteiger partial charge in [0.25, 0.3) is 0 Å². The van der Waals surface area contributed by atoms with E-state index in [2.05, 4.69) is 22.4 Å². The largest absolute Gasteiger partial charge is 0.319 e. The van der Waals surface area contributed by atoms with Crippen LogP contribution < -0.4 is 0 Å². The highest BCUT2D eigenvalue weighted by molar-refractivity contribution is 14.2. The summed E-state index contributed by atoms with van der Waals surface area (Å²) < 4.78 is 8.57. The van der Waals surface area contributed by atoms with Gasteiger partial charge in [-0.1, -0.05) is 0 Å². The predicted molar refractivity (Wildman–Crippen MR) is 53.5 cm³/mol. The van der Waals surface area contributed by atoms with Crippen LogP contribution in [0, 0.1) is 0 Å². The third-order valence-corrected chi connectivity index (χ3v) is 9.98. The summed E-state index contributed by atoms with van der Waals surface area (Å²) in [5.74, 6) is 0. The Labute approximate surface area is 69.5 Å². The van der Waals surface area contributed by atoms with Gasteiger partial charge >= 0.3 is 0 Å². The molecular formula is HIOS5. The molecule has 0 saturated heterocycles. The Kier molecular flexibility index (Phi) is 6.07. The van der Waals surface area contributed by atoms with E-state index in [0.717, 1.165) is 0 Å². The molecule has 0 saturated carbocycles. The summed E-state index contributed by atoms with van der Waals surface area (Å²) in [6.45, 7) is -1.16. The predicted octanol–water partition coefficient (Wildman–Crippen LogP) is 0.882. The monoisotopic (exact) mass is 304 g/mol. The normalized spacial score (nSPS) is 12.9. The first kappa shape index (κ1) is 8.92. The fourth-order valence-electron chi connectivity index (χ4n) is 0.0458. The molecule has 1 unspecified atom stereocenters. The molecule has 0 spiro atoms. The molecule has 1 nitrogen and oxygen atoms in total. The summed E-state index contributed by atoms with van der Waals surface area (Å²) in [7, 11) is 1.24. The molecule has 0 aliphatic heterocycles. The van der Waals surface area contributed by atoms with Crippen molar-refractivity contribution >= 4 is 65.9 Å². The molecule has 0 fully saturated rings. The van der Waals surface area contributed by atoms with Crippen LogP contribution in [0.15, 0.2) is 0 Å². The van der Waals surface area contributed by atoms with E-state index in [0.29, 0.717) is 0 Å². The van der Waals surface area contributed by atoms with Crippen LogP contribution in [-0.4, -0.2) is 4.55 Å². The lowest BCUT2D eigenvalue weighted by Gasteiger charge is -1.67. The molecule has 0 aliphatic rings. The Morgan fingerprint density at radius 2 is 2.00 bits per heavy atom. The molecule has 7 heavy (non-hydrogen) atoms. The van der Waals surface area contributed by atoms with E-state index in [-0.39, 0.29) is 0 Å². The van der Waals surface area contributed by atoms with Gasteiger partial charge in [0.15, 0.2) is 0 Å². The van der Waals surface area contributed by atoms with Crippen LogP contribution in [0.2, 0.25) is 0 Å². The lowest BCUT2D eigenvalue weighted by Crippen LogP contribution is -1.61. The zero-order chi connectivity index (χ0) is 5.86. The van der Waals surface area contributed by atoms with Gasteiger partial charge in [-0.05, 0) is 37.8 Å². The van der Waals surface area contributed by atoms with Crippen LogP contribution in [0.1, 0.15) is 0 Å². The van der Waals surface area contributed by atoms with Gasteiger partial charge in [0.1, 0.15) is 0 Å². The number of hydrogen-bond donors (Lipinski definition) is 1. The summed E-state index contributed by atoms with van der Waals surface area (Å²) >= 11 is 11.1. The average molecular weight is 304 g/mol. The minimum atomic E-state index is -0.655. The van der Waals surface area contributed by atoms with E-state index in [1.807, 2.05) is 21.2 Å². The molecule has 0 aromatic rings. The second kappa shape index (κ2) is 4.77. The molecule has 0 bridgehead atoms. The molecule has 0 aromatic heterocycles. The van der Waals surface area contributed by atoms with E-state index < -0.39 is 13.5 Å². The van der Waals surface area contributed by atoms with Crippen molar-refractivity contribution in [2.45, 2.75) is 0 Å². The van der Waals surface area contributed by atoms with Gasteiger partial charge in [-0.2, -0.15) is 0 Å². The lowest BCUT2D eigenvalue weighted by atomic mass is 15.9. The van der Waals surface area contributed by atoms with Gasteiger partial charge in [-0.15, -0.1) is 0 Å². The van der Waals surface area contributed by atoms with Gasteiger partial charge < -0.3 is 4.55 Å². The Bertz CT molecular complexity index is 190. The van der Waals surface area contributed by atoms with Gasteiger partial charge in [-0.3, -0.25) is 0 Å². The number of rotatable bonds is 0. The maximum atomic E-state index is 8.57. The Morgan fingerprint density at radius 1 is 1.57 bits per heavy atom. The van der Waals surface area contributed by atoms with E-state index >= 15 is 0 Å². The van der Waals surface area contributed by atoms with Crippen molar-refractivity contribution in [3.63, 3.8) is 0 Å². The van der Waals surface area contributed by atoms with Crippen molar-refractivity contribution in [1.29, 1.82) is 0 Å². The second-order valence-electron chi connectivity index (χ2n) is 0.479. The van der Waals surface area contributed by atoms with Crippen molar-refractivity contribution in [2.75, 3.05) is 0 Å². The van der Waals surface area contributed by atoms with Crippen molar-refractivity contribution in [3.8, 4) is 0 Å². The highest BCUT2D eigenvalue weighted by atomic mass is 127. The Morgan fingerprint density at radius 3 is 2.00 bits per heavy atom. The Hall–Kier alpha value is 1.92. The summed E-state index contributed by atoms with van der Waals surface area (Å²) in [6, 6.07) is 0. The van der Waals surface area contributed by atoms with Gasteiger partial charge in [0.2, 0.25) is 0 Å². The van der Waals surface area contributed by atoms with Crippen LogP contribution in [0.5, 0.6) is 0 Å². The highest BCUT2D eigenvalue weighted by Crippen LogP contribution is 1.85. The quantitative estimate of drug-likeness (QED) is 0.530. The minimum Gasteiger partial charge on any atom is -0.319 e.